The minimum Gasteiger partial charge on any atom is -0.497 e. The number of ether oxygens (including phenoxy) is 1. The van der Waals surface area contributed by atoms with Gasteiger partial charge in [0.05, 0.1) is 19.1 Å². The van der Waals surface area contributed by atoms with Crippen LogP contribution in [0.15, 0.2) is 48.5 Å². The van der Waals surface area contributed by atoms with Crippen molar-refractivity contribution in [3.8, 4) is 5.75 Å². The number of sulfonamides is 1. The number of benzene rings is 2. The number of nitrogens with one attached hydrogen (secondary N) is 1. The average molecular weight is 520 g/mol. The largest absolute Gasteiger partial charge is 0.497 e. The Balaban J connectivity index is 1.87. The lowest BCUT2D eigenvalue weighted by atomic mass is 9.95. The van der Waals surface area contributed by atoms with Crippen LogP contribution >= 0.6 is 0 Å². The fourth-order valence-corrected chi connectivity index (χ4v) is 5.16. The molecule has 1 fully saturated rings. The molecule has 10 heteroatoms. The Labute approximate surface area is 212 Å². The van der Waals surface area contributed by atoms with Crippen molar-refractivity contribution in [1.82, 2.24) is 10.2 Å². The second-order valence-corrected chi connectivity index (χ2v) is 11.0. The second-order valence-electron chi connectivity index (χ2n) is 9.14. The van der Waals surface area contributed by atoms with Gasteiger partial charge in [0, 0.05) is 18.7 Å². The van der Waals surface area contributed by atoms with E-state index in [2.05, 4.69) is 5.32 Å². The maximum absolute atomic E-state index is 13.6. The molecule has 3 rings (SSSR count). The van der Waals surface area contributed by atoms with Crippen LogP contribution in [0.5, 0.6) is 5.75 Å². The third kappa shape index (κ3) is 7.43. The number of halogens is 1. The monoisotopic (exact) mass is 519 g/mol. The number of anilines is 1. The van der Waals surface area contributed by atoms with E-state index in [1.807, 2.05) is 0 Å². The molecule has 0 heterocycles. The van der Waals surface area contributed by atoms with Crippen LogP contribution in [0.4, 0.5) is 10.1 Å². The molecule has 0 aromatic heterocycles. The van der Waals surface area contributed by atoms with Crippen LogP contribution in [0.1, 0.15) is 44.6 Å². The number of hydrogen-bond donors (Lipinski definition) is 1. The summed E-state index contributed by atoms with van der Waals surface area (Å²) in [5, 5.41) is 3.04. The molecule has 2 amide bonds. The smallest absolute Gasteiger partial charge is 0.244 e. The number of rotatable bonds is 10. The van der Waals surface area contributed by atoms with E-state index in [9.17, 15) is 22.4 Å². The first kappa shape index (κ1) is 27.4. The summed E-state index contributed by atoms with van der Waals surface area (Å²) in [7, 11) is -2.37. The van der Waals surface area contributed by atoms with Crippen molar-refractivity contribution in [1.29, 1.82) is 0 Å². The summed E-state index contributed by atoms with van der Waals surface area (Å²) in [4.78, 5) is 28.0. The number of hydrogen-bond acceptors (Lipinski definition) is 5. The third-order valence-corrected chi connectivity index (χ3v) is 7.55. The molecule has 2 aromatic carbocycles. The first-order valence-electron chi connectivity index (χ1n) is 12.0. The third-order valence-electron chi connectivity index (χ3n) is 6.41. The van der Waals surface area contributed by atoms with Crippen molar-refractivity contribution in [3.63, 3.8) is 0 Å². The number of amides is 2. The van der Waals surface area contributed by atoms with Gasteiger partial charge in [0.1, 0.15) is 24.2 Å². The molecule has 2 aromatic rings. The Morgan fingerprint density at radius 3 is 2.39 bits per heavy atom. The van der Waals surface area contributed by atoms with E-state index in [0.29, 0.717) is 11.3 Å². The summed E-state index contributed by atoms with van der Waals surface area (Å²) in [5.74, 6) is -0.832. The highest BCUT2D eigenvalue weighted by atomic mass is 32.2. The first-order valence-corrected chi connectivity index (χ1v) is 13.9. The average Bonchev–Trinajstić information content (AvgIpc) is 2.86. The molecule has 1 N–H and O–H groups in total. The van der Waals surface area contributed by atoms with Crippen LogP contribution in [-0.4, -0.2) is 57.1 Å². The highest BCUT2D eigenvalue weighted by Gasteiger charge is 2.31. The van der Waals surface area contributed by atoms with Gasteiger partial charge in [-0.25, -0.2) is 12.8 Å². The van der Waals surface area contributed by atoms with E-state index in [1.165, 1.54) is 42.3 Å². The van der Waals surface area contributed by atoms with Gasteiger partial charge >= 0.3 is 0 Å². The minimum absolute atomic E-state index is 0.0219. The van der Waals surface area contributed by atoms with Crippen molar-refractivity contribution < 1.29 is 27.1 Å². The molecule has 0 bridgehead atoms. The zero-order valence-corrected chi connectivity index (χ0v) is 21.8. The number of carbonyl (C=O) groups is 2. The molecule has 1 aliphatic rings. The fraction of sp³-hybridized carbons (Fsp3) is 0.462. The quantitative estimate of drug-likeness (QED) is 0.519. The summed E-state index contributed by atoms with van der Waals surface area (Å²) in [6, 6.07) is 11.2. The van der Waals surface area contributed by atoms with Gasteiger partial charge < -0.3 is 15.0 Å². The normalized spacial score (nSPS) is 15.1. The molecule has 1 unspecified atom stereocenters. The topological polar surface area (TPSA) is 96.0 Å². The van der Waals surface area contributed by atoms with E-state index in [4.69, 9.17) is 4.74 Å². The summed E-state index contributed by atoms with van der Waals surface area (Å²) in [5.41, 5.74) is 0.889. The summed E-state index contributed by atoms with van der Waals surface area (Å²) >= 11 is 0. The first-order chi connectivity index (χ1) is 17.1. The zero-order valence-electron chi connectivity index (χ0n) is 20.9. The van der Waals surface area contributed by atoms with E-state index in [1.54, 1.807) is 25.1 Å². The summed E-state index contributed by atoms with van der Waals surface area (Å²) in [6.45, 7) is 1.14. The molecule has 1 atom stereocenters. The standard InChI is InChI=1S/C26H34FN3O5S/c1-19(26(32)28-22-8-5-4-6-9-22)29(17-20-12-14-21(27)15-13-20)25(31)18-30(36(3,33)34)23-10-7-11-24(16-23)35-2/h7,10-16,19,22H,4-6,8-9,17-18H2,1-3H3,(H,28,32). The van der Waals surface area contributed by atoms with Gasteiger partial charge in [-0.1, -0.05) is 37.5 Å². The minimum atomic E-state index is -3.84. The van der Waals surface area contributed by atoms with Crippen molar-refractivity contribution in [3.05, 3.63) is 59.9 Å². The Morgan fingerprint density at radius 1 is 1.11 bits per heavy atom. The SMILES string of the molecule is COc1cccc(N(CC(=O)N(Cc2ccc(F)cc2)C(C)C(=O)NC2CCCCC2)S(C)(=O)=O)c1. The molecule has 36 heavy (non-hydrogen) atoms. The van der Waals surface area contributed by atoms with Crippen molar-refractivity contribution in [2.75, 3.05) is 24.2 Å². The lowest BCUT2D eigenvalue weighted by Gasteiger charge is -2.33. The van der Waals surface area contributed by atoms with Crippen LogP contribution in [0.25, 0.3) is 0 Å². The molecule has 1 aliphatic carbocycles. The van der Waals surface area contributed by atoms with E-state index in [0.717, 1.165) is 42.7 Å². The Kier molecular flexibility index (Phi) is 9.31. The van der Waals surface area contributed by atoms with Gasteiger partial charge in [0.2, 0.25) is 21.8 Å². The van der Waals surface area contributed by atoms with Gasteiger partial charge in [0.15, 0.2) is 0 Å². The van der Waals surface area contributed by atoms with Gasteiger partial charge in [-0.15, -0.1) is 0 Å². The molecule has 0 spiro atoms. The molecular formula is C26H34FN3O5S. The maximum atomic E-state index is 13.6. The predicted octanol–water partition coefficient (Wildman–Crippen LogP) is 3.47. The second kappa shape index (κ2) is 12.2. The molecule has 1 saturated carbocycles. The molecular weight excluding hydrogens is 485 g/mol. The Hall–Kier alpha value is -3.14. The molecule has 0 radical (unpaired) electrons. The molecule has 0 saturated heterocycles. The highest BCUT2D eigenvalue weighted by Crippen LogP contribution is 2.24. The van der Waals surface area contributed by atoms with Crippen LogP contribution in [0.3, 0.4) is 0 Å². The van der Waals surface area contributed by atoms with Crippen molar-refractivity contribution >= 4 is 27.5 Å². The van der Waals surface area contributed by atoms with Crippen LogP contribution in [0.2, 0.25) is 0 Å². The molecule has 196 valence electrons. The van der Waals surface area contributed by atoms with Crippen LogP contribution < -0.4 is 14.4 Å². The van der Waals surface area contributed by atoms with Crippen LogP contribution in [-0.2, 0) is 26.2 Å². The predicted molar refractivity (Wildman–Crippen MR) is 137 cm³/mol. The highest BCUT2D eigenvalue weighted by molar-refractivity contribution is 7.92. The van der Waals surface area contributed by atoms with Crippen molar-refractivity contribution in [2.24, 2.45) is 0 Å². The summed E-state index contributed by atoms with van der Waals surface area (Å²) < 4.78 is 44.9. The Morgan fingerprint density at radius 2 is 1.78 bits per heavy atom. The van der Waals surface area contributed by atoms with Gasteiger partial charge in [-0.05, 0) is 49.6 Å². The van der Waals surface area contributed by atoms with Crippen LogP contribution in [0, 0.1) is 5.82 Å². The van der Waals surface area contributed by atoms with Gasteiger partial charge in [0.25, 0.3) is 0 Å². The maximum Gasteiger partial charge on any atom is 0.244 e. The van der Waals surface area contributed by atoms with E-state index in [-0.39, 0.29) is 24.2 Å². The number of methoxy groups -OCH3 is 1. The lowest BCUT2D eigenvalue weighted by molar-refractivity contribution is -0.139. The van der Waals surface area contributed by atoms with Gasteiger partial charge in [-0.2, -0.15) is 0 Å². The number of nitrogens with zero attached hydrogens (tertiary/aromatic N) is 2. The zero-order chi connectivity index (χ0) is 26.3. The Bertz CT molecular complexity index is 1150. The van der Waals surface area contributed by atoms with E-state index < -0.39 is 34.3 Å². The molecule has 0 aliphatic heterocycles. The summed E-state index contributed by atoms with van der Waals surface area (Å²) in [6.07, 6.45) is 6.03. The van der Waals surface area contributed by atoms with Crippen molar-refractivity contribution in [2.45, 2.75) is 57.7 Å². The number of carbonyl (C=O) groups excluding carboxylic acids is 2. The lowest BCUT2D eigenvalue weighted by Crippen LogP contribution is -2.52. The fourth-order valence-electron chi connectivity index (χ4n) is 4.32. The van der Waals surface area contributed by atoms with Gasteiger partial charge in [-0.3, -0.25) is 13.9 Å². The van der Waals surface area contributed by atoms with E-state index >= 15 is 0 Å². The molecule has 8 nitrogen and oxygen atoms in total.